The van der Waals surface area contributed by atoms with Crippen LogP contribution in [-0.2, 0) is 22.4 Å². The third-order valence-electron chi connectivity index (χ3n) is 5.55. The monoisotopic (exact) mass is 413 g/mol. The van der Waals surface area contributed by atoms with Crippen LogP contribution in [0.25, 0.3) is 0 Å². The molecule has 1 atom stereocenters. The number of hydrogen-bond acceptors (Lipinski definition) is 5. The van der Waals surface area contributed by atoms with Gasteiger partial charge in [-0.1, -0.05) is 18.6 Å². The maximum atomic E-state index is 13.2. The number of amides is 1. The first kappa shape index (κ1) is 20.0. The van der Waals surface area contributed by atoms with Gasteiger partial charge in [0, 0.05) is 18.0 Å². The van der Waals surface area contributed by atoms with Crippen molar-refractivity contribution in [2.45, 2.75) is 38.2 Å². The summed E-state index contributed by atoms with van der Waals surface area (Å²) in [6.07, 6.45) is 5.18. The van der Waals surface area contributed by atoms with Gasteiger partial charge in [-0.2, -0.15) is 5.26 Å². The van der Waals surface area contributed by atoms with Crippen LogP contribution in [0.3, 0.4) is 0 Å². The van der Waals surface area contributed by atoms with Crippen LogP contribution >= 0.6 is 11.3 Å². The van der Waals surface area contributed by atoms with E-state index in [1.807, 2.05) is 4.90 Å². The summed E-state index contributed by atoms with van der Waals surface area (Å²) in [5.41, 5.74) is 2.68. The first-order valence-electron chi connectivity index (χ1n) is 10.1. The predicted molar refractivity (Wildman–Crippen MR) is 110 cm³/mol. The number of nitrogens with one attached hydrogen (secondary N) is 1. The Balaban J connectivity index is 1.40. The normalized spacial score (nSPS) is 19.8. The average molecular weight is 414 g/mol. The smallest absolute Gasteiger partial charge is 0.239 e. The predicted octanol–water partition coefficient (Wildman–Crippen LogP) is 4.04. The van der Waals surface area contributed by atoms with Gasteiger partial charge in [-0.05, 0) is 48.9 Å². The van der Waals surface area contributed by atoms with Crippen molar-refractivity contribution in [1.82, 2.24) is 4.90 Å². The molecule has 1 aromatic carbocycles. The second-order valence-electron chi connectivity index (χ2n) is 7.57. The number of ether oxygens (including phenoxy) is 1. The lowest BCUT2D eigenvalue weighted by Gasteiger charge is -2.32. The summed E-state index contributed by atoms with van der Waals surface area (Å²) >= 11 is 1.56. The number of halogens is 1. The zero-order valence-electron chi connectivity index (χ0n) is 16.2. The second kappa shape index (κ2) is 9.04. The lowest BCUT2D eigenvalue weighted by atomic mass is 10.1. The molecule has 5 nitrogen and oxygen atoms in total. The van der Waals surface area contributed by atoms with Crippen molar-refractivity contribution in [3.63, 3.8) is 0 Å². The lowest BCUT2D eigenvalue weighted by Crippen LogP contribution is -2.42. The van der Waals surface area contributed by atoms with Gasteiger partial charge in [0.15, 0.2) is 0 Å². The Hall–Kier alpha value is -2.27. The van der Waals surface area contributed by atoms with E-state index >= 15 is 0 Å². The Morgan fingerprint density at radius 1 is 1.28 bits per heavy atom. The van der Waals surface area contributed by atoms with Crippen LogP contribution in [0.2, 0.25) is 0 Å². The number of fused-ring (bicyclic) bond motifs is 1. The van der Waals surface area contributed by atoms with Crippen molar-refractivity contribution in [2.75, 3.05) is 31.6 Å². The van der Waals surface area contributed by atoms with Crippen LogP contribution in [-0.4, -0.2) is 37.0 Å². The minimum atomic E-state index is -0.275. The fourth-order valence-corrected chi connectivity index (χ4v) is 5.30. The van der Waals surface area contributed by atoms with Gasteiger partial charge in [0.1, 0.15) is 16.9 Å². The van der Waals surface area contributed by atoms with E-state index < -0.39 is 0 Å². The molecule has 1 N–H and O–H groups in total. The largest absolute Gasteiger partial charge is 0.371 e. The number of carbonyl (C=O) groups is 1. The first-order chi connectivity index (χ1) is 14.1. The van der Waals surface area contributed by atoms with Crippen molar-refractivity contribution < 1.29 is 13.9 Å². The maximum Gasteiger partial charge on any atom is 0.239 e. The highest BCUT2D eigenvalue weighted by atomic mass is 32.1. The Kier molecular flexibility index (Phi) is 6.24. The molecule has 0 bridgehead atoms. The molecule has 2 heterocycles. The molecule has 0 saturated carbocycles. The first-order valence-corrected chi connectivity index (χ1v) is 10.9. The summed E-state index contributed by atoms with van der Waals surface area (Å²) in [7, 11) is 0. The van der Waals surface area contributed by atoms with E-state index in [-0.39, 0.29) is 24.4 Å². The van der Waals surface area contributed by atoms with Crippen molar-refractivity contribution in [2.24, 2.45) is 0 Å². The molecule has 1 amide bonds. The highest BCUT2D eigenvalue weighted by Gasteiger charge is 2.25. The zero-order valence-corrected chi connectivity index (χ0v) is 17.1. The molecule has 1 aliphatic carbocycles. The van der Waals surface area contributed by atoms with Crippen LogP contribution in [0.4, 0.5) is 9.39 Å². The van der Waals surface area contributed by atoms with E-state index in [1.165, 1.54) is 23.4 Å². The number of hydrogen-bond donors (Lipinski definition) is 1. The summed E-state index contributed by atoms with van der Waals surface area (Å²) < 4.78 is 19.0. The van der Waals surface area contributed by atoms with E-state index in [2.05, 4.69) is 11.4 Å². The maximum absolute atomic E-state index is 13.2. The third-order valence-corrected chi connectivity index (χ3v) is 6.75. The Bertz CT molecular complexity index is 919. The fourth-order valence-electron chi connectivity index (χ4n) is 4.04. The second-order valence-corrected chi connectivity index (χ2v) is 8.68. The van der Waals surface area contributed by atoms with Gasteiger partial charge >= 0.3 is 0 Å². The Morgan fingerprint density at radius 3 is 2.86 bits per heavy atom. The highest BCUT2D eigenvalue weighted by molar-refractivity contribution is 7.16. The van der Waals surface area contributed by atoms with E-state index in [0.717, 1.165) is 36.8 Å². The number of carbonyl (C=O) groups excluding carboxylic acids is 1. The zero-order chi connectivity index (χ0) is 20.2. The summed E-state index contributed by atoms with van der Waals surface area (Å²) in [6.45, 7) is 2.00. The highest BCUT2D eigenvalue weighted by Crippen LogP contribution is 2.37. The van der Waals surface area contributed by atoms with Gasteiger partial charge in [0.25, 0.3) is 0 Å². The van der Waals surface area contributed by atoms with Gasteiger partial charge in [-0.15, -0.1) is 11.3 Å². The SMILES string of the molecule is N#Cc1c(NC(=O)CN2CCOC(c3ccc(F)cc3)C2)sc2c1CCCCC2. The van der Waals surface area contributed by atoms with Crippen LogP contribution < -0.4 is 5.32 Å². The summed E-state index contributed by atoms with van der Waals surface area (Å²) in [6, 6.07) is 8.60. The summed E-state index contributed by atoms with van der Waals surface area (Å²) in [5.74, 6) is -0.388. The van der Waals surface area contributed by atoms with Gasteiger partial charge in [0.05, 0.1) is 24.8 Å². The Morgan fingerprint density at radius 2 is 2.07 bits per heavy atom. The van der Waals surface area contributed by atoms with Gasteiger partial charge in [-0.3, -0.25) is 9.69 Å². The molecule has 2 aromatic rings. The quantitative estimate of drug-likeness (QED) is 0.769. The fraction of sp³-hybridized carbons (Fsp3) is 0.455. The topological polar surface area (TPSA) is 65.4 Å². The Labute approximate surface area is 174 Å². The van der Waals surface area contributed by atoms with Gasteiger partial charge in [0.2, 0.25) is 5.91 Å². The molecule has 0 radical (unpaired) electrons. The van der Waals surface area contributed by atoms with E-state index in [4.69, 9.17) is 4.74 Å². The minimum absolute atomic E-state index is 0.113. The minimum Gasteiger partial charge on any atom is -0.371 e. The summed E-state index contributed by atoms with van der Waals surface area (Å²) in [5, 5.41) is 13.3. The molecular weight excluding hydrogens is 389 g/mol. The number of anilines is 1. The number of benzene rings is 1. The van der Waals surface area contributed by atoms with Crippen molar-refractivity contribution >= 4 is 22.2 Å². The number of nitriles is 1. The van der Waals surface area contributed by atoms with E-state index in [9.17, 15) is 14.4 Å². The average Bonchev–Trinajstić information content (AvgIpc) is 2.87. The van der Waals surface area contributed by atoms with E-state index in [1.54, 1.807) is 23.5 Å². The molecule has 1 aliphatic heterocycles. The number of morpholine rings is 1. The van der Waals surface area contributed by atoms with Crippen molar-refractivity contribution in [1.29, 1.82) is 5.26 Å². The number of aryl methyl sites for hydroxylation is 1. The molecule has 1 saturated heterocycles. The molecule has 0 spiro atoms. The van der Waals surface area contributed by atoms with Gasteiger partial charge in [-0.25, -0.2) is 4.39 Å². The molecule has 1 fully saturated rings. The standard InChI is InChI=1S/C22H24FN3O2S/c23-16-8-6-15(7-9-16)19-13-26(10-11-28-19)14-21(27)25-22-18(12-24)17-4-2-1-3-5-20(17)29-22/h6-9,19H,1-5,10-11,13-14H2,(H,25,27). The molecule has 1 unspecified atom stereocenters. The number of thiophene rings is 1. The molecule has 1 aromatic heterocycles. The van der Waals surface area contributed by atoms with Gasteiger partial charge < -0.3 is 10.1 Å². The van der Waals surface area contributed by atoms with Crippen LogP contribution in [0.1, 0.15) is 46.9 Å². The van der Waals surface area contributed by atoms with Crippen molar-refractivity contribution in [3.05, 3.63) is 51.7 Å². The summed E-state index contributed by atoms with van der Waals surface area (Å²) in [4.78, 5) is 16.0. The van der Waals surface area contributed by atoms with Crippen LogP contribution in [0.5, 0.6) is 0 Å². The van der Waals surface area contributed by atoms with E-state index in [0.29, 0.717) is 30.3 Å². The number of nitrogens with zero attached hydrogens (tertiary/aromatic N) is 2. The van der Waals surface area contributed by atoms with Crippen LogP contribution in [0.15, 0.2) is 24.3 Å². The molecule has 29 heavy (non-hydrogen) atoms. The molecular formula is C22H24FN3O2S. The number of rotatable bonds is 4. The molecule has 4 rings (SSSR count). The lowest BCUT2D eigenvalue weighted by molar-refractivity contribution is -0.119. The molecule has 2 aliphatic rings. The third kappa shape index (κ3) is 4.67. The van der Waals surface area contributed by atoms with Crippen LogP contribution in [0, 0.1) is 17.1 Å². The molecule has 152 valence electrons. The molecule has 7 heteroatoms. The van der Waals surface area contributed by atoms with Crippen molar-refractivity contribution in [3.8, 4) is 6.07 Å².